The van der Waals surface area contributed by atoms with Gasteiger partial charge in [0.25, 0.3) is 0 Å². The van der Waals surface area contributed by atoms with Gasteiger partial charge in [0, 0.05) is 15.4 Å². The fourth-order valence-corrected chi connectivity index (χ4v) is 5.29. The number of hydrogen-bond donors (Lipinski definition) is 3. The standard InChI is InChI=1S/C16H26N2O5S/c1-15(2)11(16(3,4)24-15)7-6-10(14(22)23-5)18-13(21)9(17)8-12(19)20/h6-7,9-11H,8,17H2,1-5H3,(H,18,21)(H,19,20)/b7-6+/t9-,10?/m0/s1. The SMILES string of the molecule is COC(=O)C(/C=C/C1C(C)(C)SC1(C)C)NC(=O)[C@@H](N)CC(=O)O. The number of hydrogen-bond acceptors (Lipinski definition) is 6. The summed E-state index contributed by atoms with van der Waals surface area (Å²) in [5.74, 6) is -2.31. The Morgan fingerprint density at radius 1 is 1.29 bits per heavy atom. The van der Waals surface area contributed by atoms with Crippen molar-refractivity contribution in [2.75, 3.05) is 7.11 Å². The molecule has 1 fully saturated rings. The number of carbonyl (C=O) groups excluding carboxylic acids is 2. The topological polar surface area (TPSA) is 119 Å². The number of nitrogens with one attached hydrogen (secondary N) is 1. The van der Waals surface area contributed by atoms with E-state index >= 15 is 0 Å². The maximum atomic E-state index is 11.9. The lowest BCUT2D eigenvalue weighted by Crippen LogP contribution is -2.53. The number of methoxy groups -OCH3 is 1. The molecule has 24 heavy (non-hydrogen) atoms. The van der Waals surface area contributed by atoms with Gasteiger partial charge < -0.3 is 20.9 Å². The van der Waals surface area contributed by atoms with Crippen LogP contribution < -0.4 is 11.1 Å². The summed E-state index contributed by atoms with van der Waals surface area (Å²) in [5.41, 5.74) is 5.52. The highest BCUT2D eigenvalue weighted by molar-refractivity contribution is 8.03. The predicted molar refractivity (Wildman–Crippen MR) is 92.6 cm³/mol. The highest BCUT2D eigenvalue weighted by Crippen LogP contribution is 2.59. The van der Waals surface area contributed by atoms with E-state index in [0.29, 0.717) is 0 Å². The van der Waals surface area contributed by atoms with Gasteiger partial charge in [0.15, 0.2) is 0 Å². The second-order valence-corrected chi connectivity index (χ2v) is 9.19. The molecule has 1 heterocycles. The predicted octanol–water partition coefficient (Wildman–Crippen LogP) is 0.923. The number of nitrogens with two attached hydrogens (primary N) is 1. The summed E-state index contributed by atoms with van der Waals surface area (Å²) >= 11 is 1.85. The molecule has 1 amide bonds. The summed E-state index contributed by atoms with van der Waals surface area (Å²) in [6, 6.07) is -2.23. The van der Waals surface area contributed by atoms with Crippen LogP contribution in [0.2, 0.25) is 0 Å². The molecular formula is C16H26N2O5S. The minimum Gasteiger partial charge on any atom is -0.481 e. The molecular weight excluding hydrogens is 332 g/mol. The van der Waals surface area contributed by atoms with Gasteiger partial charge in [-0.1, -0.05) is 39.8 Å². The second-order valence-electron chi connectivity index (χ2n) is 6.89. The number of carboxylic acids is 1. The number of carboxylic acid groups (broad SMARTS) is 1. The average molecular weight is 358 g/mol. The van der Waals surface area contributed by atoms with Crippen LogP contribution in [-0.2, 0) is 19.1 Å². The lowest BCUT2D eigenvalue weighted by molar-refractivity contribution is -0.144. The van der Waals surface area contributed by atoms with Crippen molar-refractivity contribution in [3.63, 3.8) is 0 Å². The zero-order valence-electron chi connectivity index (χ0n) is 14.7. The van der Waals surface area contributed by atoms with Crippen molar-refractivity contribution < 1.29 is 24.2 Å². The lowest BCUT2D eigenvalue weighted by Gasteiger charge is -2.56. The number of thioether (sulfide) groups is 1. The van der Waals surface area contributed by atoms with Gasteiger partial charge in [0.1, 0.15) is 6.04 Å². The van der Waals surface area contributed by atoms with Gasteiger partial charge in [0.2, 0.25) is 5.91 Å². The van der Waals surface area contributed by atoms with Crippen molar-refractivity contribution >= 4 is 29.6 Å². The third-order valence-corrected chi connectivity index (χ3v) is 5.56. The van der Waals surface area contributed by atoms with E-state index in [1.165, 1.54) is 7.11 Å². The van der Waals surface area contributed by atoms with Gasteiger partial charge in [0.05, 0.1) is 19.6 Å². The number of ether oxygens (including phenoxy) is 1. The Morgan fingerprint density at radius 3 is 2.25 bits per heavy atom. The van der Waals surface area contributed by atoms with E-state index in [1.54, 1.807) is 6.08 Å². The van der Waals surface area contributed by atoms with Gasteiger partial charge >= 0.3 is 11.9 Å². The minimum atomic E-state index is -1.23. The first kappa shape index (κ1) is 20.5. The molecule has 2 atom stereocenters. The van der Waals surface area contributed by atoms with Crippen LogP contribution in [-0.4, -0.2) is 51.6 Å². The number of carbonyl (C=O) groups is 3. The molecule has 1 aliphatic heterocycles. The van der Waals surface area contributed by atoms with E-state index in [4.69, 9.17) is 15.6 Å². The van der Waals surface area contributed by atoms with Gasteiger partial charge in [-0.2, -0.15) is 0 Å². The number of amides is 1. The van der Waals surface area contributed by atoms with Crippen LogP contribution in [0.25, 0.3) is 0 Å². The Balaban J connectivity index is 2.83. The fourth-order valence-electron chi connectivity index (χ4n) is 3.12. The van der Waals surface area contributed by atoms with E-state index in [0.717, 1.165) is 0 Å². The quantitative estimate of drug-likeness (QED) is 0.457. The molecule has 8 heteroatoms. The Bertz CT molecular complexity index is 531. The third kappa shape index (κ3) is 4.98. The zero-order chi connectivity index (χ0) is 18.7. The van der Waals surface area contributed by atoms with Gasteiger partial charge in [-0.15, -0.1) is 11.8 Å². The molecule has 0 spiro atoms. The van der Waals surface area contributed by atoms with Crippen LogP contribution in [0.1, 0.15) is 34.1 Å². The summed E-state index contributed by atoms with van der Waals surface area (Å²) in [4.78, 5) is 34.5. The van der Waals surface area contributed by atoms with Crippen molar-refractivity contribution in [1.29, 1.82) is 0 Å². The number of rotatable bonds is 7. The van der Waals surface area contributed by atoms with E-state index in [1.807, 2.05) is 17.8 Å². The van der Waals surface area contributed by atoms with Crippen molar-refractivity contribution in [2.24, 2.45) is 11.7 Å². The summed E-state index contributed by atoms with van der Waals surface area (Å²) in [7, 11) is 1.22. The smallest absolute Gasteiger partial charge is 0.332 e. The summed E-state index contributed by atoms with van der Waals surface area (Å²) in [5, 5.41) is 11.1. The van der Waals surface area contributed by atoms with Crippen molar-refractivity contribution in [3.05, 3.63) is 12.2 Å². The molecule has 0 saturated carbocycles. The normalized spacial score (nSPS) is 21.6. The average Bonchev–Trinajstić information content (AvgIpc) is 2.42. The molecule has 0 bridgehead atoms. The number of aliphatic carboxylic acids is 1. The first-order valence-electron chi connectivity index (χ1n) is 7.65. The molecule has 0 aromatic rings. The molecule has 0 aliphatic carbocycles. The second kappa shape index (κ2) is 7.57. The molecule has 0 aromatic heterocycles. The van der Waals surface area contributed by atoms with Crippen molar-refractivity contribution in [3.8, 4) is 0 Å². The molecule has 1 rings (SSSR count). The molecule has 7 nitrogen and oxygen atoms in total. The van der Waals surface area contributed by atoms with Crippen molar-refractivity contribution in [2.45, 2.75) is 55.7 Å². The Morgan fingerprint density at radius 2 is 1.83 bits per heavy atom. The third-order valence-electron chi connectivity index (χ3n) is 4.00. The van der Waals surface area contributed by atoms with Crippen LogP contribution >= 0.6 is 11.8 Å². The van der Waals surface area contributed by atoms with Crippen LogP contribution in [0.4, 0.5) is 0 Å². The highest BCUT2D eigenvalue weighted by atomic mass is 32.2. The van der Waals surface area contributed by atoms with Gasteiger partial charge in [-0.3, -0.25) is 9.59 Å². The molecule has 0 radical (unpaired) electrons. The first-order chi connectivity index (χ1) is 10.9. The van der Waals surface area contributed by atoms with E-state index in [9.17, 15) is 14.4 Å². The summed E-state index contributed by atoms with van der Waals surface area (Å²) in [6.45, 7) is 8.47. The number of allylic oxidation sites excluding steroid dienone is 1. The molecule has 1 aliphatic rings. The first-order valence-corrected chi connectivity index (χ1v) is 8.46. The molecule has 0 aromatic carbocycles. The minimum absolute atomic E-state index is 0.0321. The Hall–Kier alpha value is -1.54. The van der Waals surface area contributed by atoms with E-state index in [2.05, 4.69) is 33.0 Å². The van der Waals surface area contributed by atoms with Gasteiger partial charge in [-0.05, 0) is 0 Å². The maximum Gasteiger partial charge on any atom is 0.332 e. The largest absolute Gasteiger partial charge is 0.481 e. The zero-order valence-corrected chi connectivity index (χ0v) is 15.5. The van der Waals surface area contributed by atoms with E-state index in [-0.39, 0.29) is 15.4 Å². The van der Waals surface area contributed by atoms with Gasteiger partial charge in [-0.25, -0.2) is 4.79 Å². The van der Waals surface area contributed by atoms with Crippen LogP contribution in [0.3, 0.4) is 0 Å². The Labute approximate surface area is 146 Å². The van der Waals surface area contributed by atoms with E-state index < -0.39 is 36.4 Å². The molecule has 136 valence electrons. The van der Waals surface area contributed by atoms with Crippen molar-refractivity contribution in [1.82, 2.24) is 5.32 Å². The Kier molecular flexibility index (Phi) is 6.46. The number of esters is 1. The lowest BCUT2D eigenvalue weighted by atomic mass is 9.81. The highest BCUT2D eigenvalue weighted by Gasteiger charge is 2.52. The summed E-state index contributed by atoms with van der Waals surface area (Å²) in [6.07, 6.45) is 2.98. The van der Waals surface area contributed by atoms with Crippen LogP contribution in [0.15, 0.2) is 12.2 Å². The fraction of sp³-hybridized carbons (Fsp3) is 0.688. The maximum absolute atomic E-state index is 11.9. The van der Waals surface area contributed by atoms with Crippen LogP contribution in [0, 0.1) is 5.92 Å². The molecule has 1 saturated heterocycles. The van der Waals surface area contributed by atoms with Crippen LogP contribution in [0.5, 0.6) is 0 Å². The molecule has 1 unspecified atom stereocenters. The molecule has 4 N–H and O–H groups in total. The monoisotopic (exact) mass is 358 g/mol. The summed E-state index contributed by atoms with van der Waals surface area (Å²) < 4.78 is 4.76.